The highest BCUT2D eigenvalue weighted by atomic mass is 31.0. The Bertz CT molecular complexity index is 23.5. The number of hydrogen-bond donors (Lipinski definition) is 1. The normalized spacial score (nSPS) is 9.00. The van der Waals surface area contributed by atoms with Crippen molar-refractivity contribution in [2.24, 2.45) is 5.90 Å². The van der Waals surface area contributed by atoms with Gasteiger partial charge in [0.2, 0.25) is 0 Å². The third-order valence-corrected chi connectivity index (χ3v) is 0.555. The molecule has 0 saturated heterocycles. The van der Waals surface area contributed by atoms with Crippen LogP contribution in [0.1, 0.15) is 0 Å². The summed E-state index contributed by atoms with van der Waals surface area (Å²) in [6.07, 6.45) is 0. The van der Waals surface area contributed by atoms with Crippen molar-refractivity contribution in [2.45, 2.75) is 0 Å². The van der Waals surface area contributed by atoms with Crippen LogP contribution in [0.4, 0.5) is 0 Å². The van der Waals surface area contributed by atoms with Crippen molar-refractivity contribution in [3.63, 3.8) is 0 Å². The third kappa shape index (κ3) is 4.31. The van der Waals surface area contributed by atoms with Crippen LogP contribution >= 0.6 is 9.47 Å². The van der Waals surface area contributed by atoms with Crippen molar-refractivity contribution in [3.8, 4) is 0 Å². The lowest BCUT2D eigenvalue weighted by Gasteiger charge is -1.90. The minimum absolute atomic E-state index is 0.448. The predicted octanol–water partition coefficient (Wildman–Crippen LogP) is -0.317. The van der Waals surface area contributed by atoms with Crippen molar-refractivity contribution < 1.29 is 9.36 Å². The monoisotopic (exact) mass is 109 g/mol. The predicted molar refractivity (Wildman–Crippen MR) is 25.8 cm³/mol. The average molecular weight is 109 g/mol. The van der Waals surface area contributed by atoms with E-state index in [-0.39, 0.29) is 0 Å². The van der Waals surface area contributed by atoms with Crippen LogP contribution in [0.3, 0.4) is 0 Å². The highest BCUT2D eigenvalue weighted by Crippen LogP contribution is 1.80. The van der Waals surface area contributed by atoms with Gasteiger partial charge in [0.25, 0.3) is 0 Å². The fraction of sp³-hybridized carbons (Fsp3) is 1.00. The lowest BCUT2D eigenvalue weighted by molar-refractivity contribution is 0.109. The van der Waals surface area contributed by atoms with Crippen LogP contribution in [-0.2, 0) is 9.36 Å². The quantitative estimate of drug-likeness (QED) is 0.307. The molecule has 0 bridgehead atoms. The Kier molecular flexibility index (Phi) is 5.58. The van der Waals surface area contributed by atoms with E-state index in [2.05, 4.69) is 24.7 Å². The molecule has 0 aromatic rings. The van der Waals surface area contributed by atoms with Crippen LogP contribution in [0.15, 0.2) is 0 Å². The molecule has 4 heteroatoms. The number of nitrogens with two attached hydrogens (primary N) is 1. The summed E-state index contributed by atoms with van der Waals surface area (Å²) in [4.78, 5) is 4.14. The summed E-state index contributed by atoms with van der Waals surface area (Å²) in [5.74, 6) is 4.63. The third-order valence-electron chi connectivity index (χ3n) is 0.319. The van der Waals surface area contributed by atoms with Crippen LogP contribution in [0.2, 0.25) is 0 Å². The molecule has 38 valence electrons. The molecular weight excluding hydrogens is 101 g/mol. The van der Waals surface area contributed by atoms with Crippen molar-refractivity contribution >= 4 is 9.47 Å². The van der Waals surface area contributed by atoms with E-state index >= 15 is 0 Å². The topological polar surface area (TPSA) is 44.5 Å². The van der Waals surface area contributed by atoms with Gasteiger partial charge in [-0.3, -0.25) is 0 Å². The van der Waals surface area contributed by atoms with Gasteiger partial charge in [0, 0.05) is 9.47 Å². The van der Waals surface area contributed by atoms with Crippen molar-refractivity contribution in [2.75, 3.05) is 13.2 Å². The minimum atomic E-state index is 0.448. The first-order valence-electron chi connectivity index (χ1n) is 1.55. The number of rotatable bonds is 3. The first-order chi connectivity index (χ1) is 2.91. The minimum Gasteiger partial charge on any atom is -0.363 e. The van der Waals surface area contributed by atoms with E-state index in [1.807, 2.05) is 0 Å². The highest BCUT2D eigenvalue weighted by Gasteiger charge is 1.74. The molecule has 0 aromatic carbocycles. The zero-order valence-corrected chi connectivity index (χ0v) is 4.54. The molecule has 1 unspecified atom stereocenters. The number of hydrogen-bond acceptors (Lipinski definition) is 3. The Morgan fingerprint density at radius 3 is 2.33 bits per heavy atom. The molecule has 0 saturated carbocycles. The van der Waals surface area contributed by atoms with E-state index in [0.29, 0.717) is 13.2 Å². The van der Waals surface area contributed by atoms with Gasteiger partial charge in [0.1, 0.15) is 0 Å². The average Bonchev–Trinajstić information content (AvgIpc) is 1.61. The Balaban J connectivity index is 2.34. The summed E-state index contributed by atoms with van der Waals surface area (Å²) in [6, 6.07) is 0. The molecule has 0 amide bonds. The summed E-state index contributed by atoms with van der Waals surface area (Å²) >= 11 is 0. The van der Waals surface area contributed by atoms with Gasteiger partial charge >= 0.3 is 0 Å². The first kappa shape index (κ1) is 6.31. The van der Waals surface area contributed by atoms with Crippen LogP contribution in [0.5, 0.6) is 0 Å². The molecule has 3 nitrogen and oxygen atoms in total. The van der Waals surface area contributed by atoms with Crippen molar-refractivity contribution in [1.82, 2.24) is 0 Å². The molecule has 0 aliphatic carbocycles. The van der Waals surface area contributed by atoms with E-state index in [0.717, 1.165) is 0 Å². The van der Waals surface area contributed by atoms with E-state index < -0.39 is 0 Å². The molecule has 0 radical (unpaired) electrons. The smallest absolute Gasteiger partial charge is 0.0916 e. The van der Waals surface area contributed by atoms with Gasteiger partial charge in [-0.1, -0.05) is 0 Å². The molecule has 2 N–H and O–H groups in total. The Morgan fingerprint density at radius 2 is 2.17 bits per heavy atom. The summed E-state index contributed by atoms with van der Waals surface area (Å²) < 4.78 is 4.49. The van der Waals surface area contributed by atoms with Gasteiger partial charge < -0.3 is 9.36 Å². The molecule has 0 rings (SSSR count). The maximum absolute atomic E-state index is 4.63. The molecule has 1 atom stereocenters. The summed E-state index contributed by atoms with van der Waals surface area (Å²) in [6.45, 7) is 0.977. The van der Waals surface area contributed by atoms with E-state index in [4.69, 9.17) is 0 Å². The lowest BCUT2D eigenvalue weighted by atomic mass is 10.8. The van der Waals surface area contributed by atoms with Crippen molar-refractivity contribution in [1.29, 1.82) is 0 Å². The highest BCUT2D eigenvalue weighted by molar-refractivity contribution is 7.09. The summed E-state index contributed by atoms with van der Waals surface area (Å²) in [5.41, 5.74) is 0. The Labute approximate surface area is 39.0 Å². The molecule has 0 spiro atoms. The summed E-state index contributed by atoms with van der Waals surface area (Å²) in [5, 5.41) is 0. The fourth-order valence-corrected chi connectivity index (χ4v) is 0.192. The molecular formula is C2H8NO2P. The van der Waals surface area contributed by atoms with Crippen LogP contribution < -0.4 is 5.90 Å². The zero-order valence-electron chi connectivity index (χ0n) is 3.39. The maximum Gasteiger partial charge on any atom is 0.0916 e. The second-order valence-electron chi connectivity index (χ2n) is 0.742. The molecule has 0 aliphatic rings. The zero-order chi connectivity index (χ0) is 4.83. The van der Waals surface area contributed by atoms with E-state index in [1.165, 1.54) is 0 Å². The van der Waals surface area contributed by atoms with E-state index in [1.54, 1.807) is 0 Å². The Morgan fingerprint density at radius 1 is 1.50 bits per heavy atom. The van der Waals surface area contributed by atoms with Gasteiger partial charge in [-0.05, 0) is 0 Å². The standard InChI is InChI=1S/C2H8NO2P/c3-4-1-2-5-6/h1-3,6H2. The molecule has 6 heavy (non-hydrogen) atoms. The largest absolute Gasteiger partial charge is 0.363 e. The van der Waals surface area contributed by atoms with Crippen molar-refractivity contribution in [3.05, 3.63) is 0 Å². The second-order valence-corrected chi connectivity index (χ2v) is 1.07. The van der Waals surface area contributed by atoms with Gasteiger partial charge in [-0.15, -0.1) is 0 Å². The molecule has 0 heterocycles. The SMILES string of the molecule is NOCCOP. The van der Waals surface area contributed by atoms with Crippen LogP contribution in [0, 0.1) is 0 Å². The first-order valence-corrected chi connectivity index (χ1v) is 2.02. The van der Waals surface area contributed by atoms with Gasteiger partial charge in [-0.25, -0.2) is 5.90 Å². The second kappa shape index (κ2) is 5.31. The Hall–Kier alpha value is 0.310. The van der Waals surface area contributed by atoms with Gasteiger partial charge in [0.05, 0.1) is 13.2 Å². The molecule has 0 aromatic heterocycles. The summed E-state index contributed by atoms with van der Waals surface area (Å²) in [7, 11) is 2.09. The lowest BCUT2D eigenvalue weighted by Crippen LogP contribution is -2.04. The van der Waals surface area contributed by atoms with Gasteiger partial charge in [0.15, 0.2) is 0 Å². The van der Waals surface area contributed by atoms with Crippen LogP contribution in [-0.4, -0.2) is 13.2 Å². The fourth-order valence-electron chi connectivity index (χ4n) is 0.0962. The maximum atomic E-state index is 4.63. The van der Waals surface area contributed by atoms with Crippen LogP contribution in [0.25, 0.3) is 0 Å². The molecule has 0 fully saturated rings. The van der Waals surface area contributed by atoms with E-state index in [9.17, 15) is 0 Å². The van der Waals surface area contributed by atoms with Gasteiger partial charge in [-0.2, -0.15) is 0 Å². The molecule has 0 aliphatic heterocycles.